The number of anilines is 1. The van der Waals surface area contributed by atoms with E-state index in [0.717, 1.165) is 17.9 Å². The van der Waals surface area contributed by atoms with Crippen molar-refractivity contribution >= 4 is 17.3 Å². The summed E-state index contributed by atoms with van der Waals surface area (Å²) in [6.45, 7) is 0.692. The van der Waals surface area contributed by atoms with Crippen LogP contribution >= 0.6 is 11.6 Å². The summed E-state index contributed by atoms with van der Waals surface area (Å²) in [7, 11) is 4.14. The summed E-state index contributed by atoms with van der Waals surface area (Å²) in [5, 5.41) is 0.869. The fourth-order valence-electron chi connectivity index (χ4n) is 3.20. The smallest absolute Gasteiger partial charge is 0.0464 e. The van der Waals surface area contributed by atoms with Gasteiger partial charge in [0.1, 0.15) is 0 Å². The Kier molecular flexibility index (Phi) is 4.18. The van der Waals surface area contributed by atoms with Crippen LogP contribution < -0.4 is 10.6 Å². The standard InChI is InChI=1S/C15H23ClN2/c1-18(2)13-8-6-7-12(16)14(13)15(11-17)9-4-3-5-10-15/h6-8H,3-5,9-11,17H2,1-2H3. The topological polar surface area (TPSA) is 29.3 Å². The van der Waals surface area contributed by atoms with Crippen LogP contribution in [0.4, 0.5) is 5.69 Å². The van der Waals surface area contributed by atoms with Crippen LogP contribution in [-0.2, 0) is 5.41 Å². The summed E-state index contributed by atoms with van der Waals surface area (Å²) < 4.78 is 0. The van der Waals surface area contributed by atoms with E-state index < -0.39 is 0 Å². The third-order valence-corrected chi connectivity index (χ3v) is 4.52. The monoisotopic (exact) mass is 266 g/mol. The van der Waals surface area contributed by atoms with Gasteiger partial charge in [-0.2, -0.15) is 0 Å². The Morgan fingerprint density at radius 1 is 1.22 bits per heavy atom. The molecule has 2 N–H and O–H groups in total. The van der Waals surface area contributed by atoms with Crippen LogP contribution in [0.2, 0.25) is 5.02 Å². The molecule has 0 radical (unpaired) electrons. The molecule has 0 amide bonds. The SMILES string of the molecule is CN(C)c1cccc(Cl)c1C1(CN)CCCCC1. The number of benzene rings is 1. The van der Waals surface area contributed by atoms with Gasteiger partial charge in [0, 0.05) is 42.3 Å². The lowest BCUT2D eigenvalue weighted by molar-refractivity contribution is 0.301. The summed E-state index contributed by atoms with van der Waals surface area (Å²) in [6, 6.07) is 6.16. The van der Waals surface area contributed by atoms with Gasteiger partial charge in [-0.15, -0.1) is 0 Å². The first-order valence-corrected chi connectivity index (χ1v) is 7.15. The number of rotatable bonds is 3. The molecule has 2 rings (SSSR count). The Bertz CT molecular complexity index is 409. The van der Waals surface area contributed by atoms with Gasteiger partial charge in [-0.3, -0.25) is 0 Å². The zero-order chi connectivity index (χ0) is 13.2. The molecule has 1 aliphatic rings. The first-order chi connectivity index (χ1) is 8.60. The summed E-state index contributed by atoms with van der Waals surface area (Å²) >= 11 is 6.49. The molecule has 1 fully saturated rings. The molecule has 1 saturated carbocycles. The lowest BCUT2D eigenvalue weighted by Crippen LogP contribution is -2.38. The van der Waals surface area contributed by atoms with E-state index >= 15 is 0 Å². The van der Waals surface area contributed by atoms with E-state index in [2.05, 4.69) is 25.1 Å². The molecular formula is C15H23ClN2. The van der Waals surface area contributed by atoms with Crippen molar-refractivity contribution in [2.45, 2.75) is 37.5 Å². The molecule has 0 unspecified atom stereocenters. The van der Waals surface area contributed by atoms with E-state index in [1.54, 1.807) is 0 Å². The van der Waals surface area contributed by atoms with Gasteiger partial charge in [-0.1, -0.05) is 36.9 Å². The van der Waals surface area contributed by atoms with E-state index in [4.69, 9.17) is 17.3 Å². The third-order valence-electron chi connectivity index (χ3n) is 4.21. The fourth-order valence-corrected chi connectivity index (χ4v) is 3.57. The van der Waals surface area contributed by atoms with Crippen molar-refractivity contribution in [2.24, 2.45) is 5.73 Å². The second kappa shape index (κ2) is 5.50. The van der Waals surface area contributed by atoms with E-state index in [1.807, 2.05) is 12.1 Å². The molecule has 0 bridgehead atoms. The molecule has 18 heavy (non-hydrogen) atoms. The van der Waals surface area contributed by atoms with Gasteiger partial charge in [-0.05, 0) is 25.0 Å². The minimum Gasteiger partial charge on any atom is -0.377 e. The van der Waals surface area contributed by atoms with E-state index in [0.29, 0.717) is 6.54 Å². The molecule has 0 atom stereocenters. The highest BCUT2D eigenvalue weighted by Crippen LogP contribution is 2.45. The summed E-state index contributed by atoms with van der Waals surface area (Å²) in [4.78, 5) is 2.15. The summed E-state index contributed by atoms with van der Waals surface area (Å²) in [5.74, 6) is 0. The Labute approximate surface area is 115 Å². The van der Waals surface area contributed by atoms with Gasteiger partial charge < -0.3 is 10.6 Å². The molecule has 2 nitrogen and oxygen atoms in total. The maximum atomic E-state index is 6.49. The van der Waals surface area contributed by atoms with Crippen LogP contribution in [0.5, 0.6) is 0 Å². The normalized spacial score (nSPS) is 18.7. The molecule has 1 aromatic rings. The molecule has 100 valence electrons. The number of nitrogens with zero attached hydrogens (tertiary/aromatic N) is 1. The number of halogens is 1. The first kappa shape index (κ1) is 13.7. The van der Waals surface area contributed by atoms with E-state index in [1.165, 1.54) is 30.5 Å². The van der Waals surface area contributed by atoms with Crippen LogP contribution in [0.25, 0.3) is 0 Å². The Hall–Kier alpha value is -0.730. The number of nitrogens with two attached hydrogens (primary N) is 1. The van der Waals surface area contributed by atoms with Crippen molar-refractivity contribution < 1.29 is 0 Å². The second-order valence-electron chi connectivity index (χ2n) is 5.57. The fraction of sp³-hybridized carbons (Fsp3) is 0.600. The highest BCUT2D eigenvalue weighted by atomic mass is 35.5. The minimum absolute atomic E-state index is 0.0796. The van der Waals surface area contributed by atoms with Crippen LogP contribution in [-0.4, -0.2) is 20.6 Å². The van der Waals surface area contributed by atoms with Gasteiger partial charge in [0.25, 0.3) is 0 Å². The lowest BCUT2D eigenvalue weighted by atomic mass is 9.69. The average Bonchev–Trinajstić information content (AvgIpc) is 2.39. The molecule has 0 saturated heterocycles. The third kappa shape index (κ3) is 2.36. The molecule has 0 spiro atoms. The number of hydrogen-bond donors (Lipinski definition) is 1. The minimum atomic E-state index is 0.0796. The maximum absolute atomic E-state index is 6.49. The van der Waals surface area contributed by atoms with Gasteiger partial charge in [0.15, 0.2) is 0 Å². The first-order valence-electron chi connectivity index (χ1n) is 6.77. The summed E-state index contributed by atoms with van der Waals surface area (Å²) in [6.07, 6.45) is 6.16. The Morgan fingerprint density at radius 3 is 2.44 bits per heavy atom. The Balaban J connectivity index is 2.53. The maximum Gasteiger partial charge on any atom is 0.0464 e. The largest absolute Gasteiger partial charge is 0.377 e. The highest BCUT2D eigenvalue weighted by Gasteiger charge is 2.36. The molecule has 0 heterocycles. The van der Waals surface area contributed by atoms with Gasteiger partial charge in [0.05, 0.1) is 0 Å². The van der Waals surface area contributed by atoms with Crippen LogP contribution in [0.15, 0.2) is 18.2 Å². The summed E-state index contributed by atoms with van der Waals surface area (Å²) in [5.41, 5.74) is 8.69. The van der Waals surface area contributed by atoms with Crippen LogP contribution in [0.1, 0.15) is 37.7 Å². The van der Waals surface area contributed by atoms with Crippen molar-refractivity contribution in [1.29, 1.82) is 0 Å². The van der Waals surface area contributed by atoms with Crippen molar-refractivity contribution in [3.63, 3.8) is 0 Å². The molecule has 1 aromatic carbocycles. The predicted octanol–water partition coefficient (Wildman–Crippen LogP) is 3.57. The molecular weight excluding hydrogens is 244 g/mol. The number of hydrogen-bond acceptors (Lipinski definition) is 2. The molecule has 0 aromatic heterocycles. The highest BCUT2D eigenvalue weighted by molar-refractivity contribution is 6.32. The molecule has 3 heteroatoms. The second-order valence-corrected chi connectivity index (χ2v) is 5.98. The molecule has 1 aliphatic carbocycles. The van der Waals surface area contributed by atoms with E-state index in [-0.39, 0.29) is 5.41 Å². The van der Waals surface area contributed by atoms with E-state index in [9.17, 15) is 0 Å². The predicted molar refractivity (Wildman–Crippen MR) is 79.6 cm³/mol. The van der Waals surface area contributed by atoms with Crippen molar-refractivity contribution in [2.75, 3.05) is 25.5 Å². The zero-order valence-electron chi connectivity index (χ0n) is 11.4. The van der Waals surface area contributed by atoms with Crippen LogP contribution in [0.3, 0.4) is 0 Å². The van der Waals surface area contributed by atoms with Crippen molar-refractivity contribution in [3.05, 3.63) is 28.8 Å². The van der Waals surface area contributed by atoms with Crippen molar-refractivity contribution in [3.8, 4) is 0 Å². The average molecular weight is 267 g/mol. The molecule has 0 aliphatic heterocycles. The zero-order valence-corrected chi connectivity index (χ0v) is 12.1. The van der Waals surface area contributed by atoms with Crippen LogP contribution in [0, 0.1) is 0 Å². The Morgan fingerprint density at radius 2 is 1.89 bits per heavy atom. The van der Waals surface area contributed by atoms with Gasteiger partial charge in [0.2, 0.25) is 0 Å². The lowest BCUT2D eigenvalue weighted by Gasteiger charge is -2.39. The van der Waals surface area contributed by atoms with Gasteiger partial charge >= 0.3 is 0 Å². The van der Waals surface area contributed by atoms with Gasteiger partial charge in [-0.25, -0.2) is 0 Å². The quantitative estimate of drug-likeness (QED) is 0.906. The van der Waals surface area contributed by atoms with Crippen molar-refractivity contribution in [1.82, 2.24) is 0 Å².